The molecule has 0 saturated carbocycles. The van der Waals surface area contributed by atoms with E-state index in [4.69, 9.17) is 0 Å². The number of para-hydroxylation sites is 1. The molecule has 0 spiro atoms. The highest BCUT2D eigenvalue weighted by Crippen LogP contribution is 2.18. The van der Waals surface area contributed by atoms with Crippen molar-refractivity contribution in [2.45, 2.75) is 12.5 Å². The van der Waals surface area contributed by atoms with Crippen molar-refractivity contribution in [3.63, 3.8) is 0 Å². The van der Waals surface area contributed by atoms with E-state index in [0.29, 0.717) is 10.6 Å². The van der Waals surface area contributed by atoms with Crippen molar-refractivity contribution < 1.29 is 23.7 Å². The summed E-state index contributed by atoms with van der Waals surface area (Å²) in [5.74, 6) is -3.30. The van der Waals surface area contributed by atoms with E-state index in [-0.39, 0.29) is 22.8 Å². The zero-order chi connectivity index (χ0) is 25.7. The number of anilines is 1. The lowest BCUT2D eigenvalue weighted by atomic mass is 10.0. The average Bonchev–Trinajstić information content (AvgIpc) is 3.21. The van der Waals surface area contributed by atoms with Crippen LogP contribution in [-0.2, 0) is 14.4 Å². The van der Waals surface area contributed by atoms with Gasteiger partial charge in [-0.2, -0.15) is 20.1 Å². The molecule has 12 heteroatoms. The number of hydrogen-bond donors (Lipinski definition) is 2. The maximum atomic E-state index is 13.8. The molecule has 0 saturated heterocycles. The number of rotatable bonds is 6. The highest BCUT2D eigenvalue weighted by molar-refractivity contribution is 6.49. The fourth-order valence-electron chi connectivity index (χ4n) is 3.40. The quantitative estimate of drug-likeness (QED) is 0.273. The molecule has 2 aliphatic rings. The molecule has 1 unspecified atom stereocenters. The molecule has 2 aromatic carbocycles. The molecule has 11 nitrogen and oxygen atoms in total. The van der Waals surface area contributed by atoms with Crippen LogP contribution in [0.5, 0.6) is 0 Å². The Balaban J connectivity index is 1.56. The summed E-state index contributed by atoms with van der Waals surface area (Å²) in [5, 5.41) is 33.5. The van der Waals surface area contributed by atoms with Crippen molar-refractivity contribution in [3.05, 3.63) is 101 Å². The van der Waals surface area contributed by atoms with E-state index in [1.165, 1.54) is 36.4 Å². The van der Waals surface area contributed by atoms with Crippen LogP contribution in [0.25, 0.3) is 0 Å². The molecule has 0 fully saturated rings. The van der Waals surface area contributed by atoms with Crippen molar-refractivity contribution in [2.75, 3.05) is 5.32 Å². The van der Waals surface area contributed by atoms with Crippen LogP contribution in [0.15, 0.2) is 89.1 Å². The van der Waals surface area contributed by atoms with Crippen LogP contribution in [0.2, 0.25) is 0 Å². The van der Waals surface area contributed by atoms with Crippen molar-refractivity contribution in [1.82, 2.24) is 10.4 Å². The van der Waals surface area contributed by atoms with Crippen molar-refractivity contribution >= 4 is 40.5 Å². The standard InChI is InChI=1S/C24H18FN6O5/c25-16-10-4-5-11-17(16)26-20(32)14-21(33)30-24(34)23(22(29-30)15-8-2-1-3-9-15)28-27-18-12-6-7-13-19(18)31(35)36/h1-13,23,28H,14H2,(H-,26,27,32,35,36)/q-1. The summed E-state index contributed by atoms with van der Waals surface area (Å²) in [7, 11) is 0. The maximum Gasteiger partial charge on any atom is 0.280 e. The smallest absolute Gasteiger partial charge is 0.280 e. The molecule has 2 aromatic rings. The Morgan fingerprint density at radius 1 is 1.06 bits per heavy atom. The summed E-state index contributed by atoms with van der Waals surface area (Å²) < 4.78 is 13.8. The predicted octanol–water partition coefficient (Wildman–Crippen LogP) is 1.82. The minimum absolute atomic E-state index is 0.0308. The minimum atomic E-state index is -1.26. The van der Waals surface area contributed by atoms with Gasteiger partial charge in [-0.1, -0.05) is 54.6 Å². The van der Waals surface area contributed by atoms with Gasteiger partial charge in [-0.3, -0.25) is 19.8 Å². The number of hydrazone groups is 2. The second-order valence-corrected chi connectivity index (χ2v) is 7.52. The first kappa shape index (κ1) is 24.0. The van der Waals surface area contributed by atoms with Gasteiger partial charge in [0.15, 0.2) is 11.8 Å². The van der Waals surface area contributed by atoms with Crippen LogP contribution in [0, 0.1) is 16.2 Å². The normalized spacial score (nSPS) is 17.8. The number of carbonyl (C=O) groups excluding carboxylic acids is 3. The molecular weight excluding hydrogens is 471 g/mol. The third kappa shape index (κ3) is 5.17. The first-order valence-corrected chi connectivity index (χ1v) is 10.6. The van der Waals surface area contributed by atoms with Gasteiger partial charge in [0.2, 0.25) is 11.6 Å². The molecule has 4 rings (SSSR count). The molecule has 0 aromatic heterocycles. The van der Waals surface area contributed by atoms with E-state index < -0.39 is 40.9 Å². The lowest BCUT2D eigenvalue weighted by Crippen LogP contribution is -2.44. The van der Waals surface area contributed by atoms with Crippen LogP contribution in [-0.4, -0.2) is 50.8 Å². The average molecular weight is 489 g/mol. The molecule has 182 valence electrons. The van der Waals surface area contributed by atoms with Gasteiger partial charge in [0, 0.05) is 11.6 Å². The van der Waals surface area contributed by atoms with Crippen LogP contribution < -0.4 is 10.7 Å². The van der Waals surface area contributed by atoms with Crippen molar-refractivity contribution in [3.8, 4) is 0 Å². The lowest BCUT2D eigenvalue weighted by Gasteiger charge is -2.15. The van der Waals surface area contributed by atoms with Gasteiger partial charge >= 0.3 is 0 Å². The number of carbonyl (C=O) groups is 3. The van der Waals surface area contributed by atoms with Crippen molar-refractivity contribution in [1.29, 1.82) is 0 Å². The second kappa shape index (κ2) is 10.4. The highest BCUT2D eigenvalue weighted by Gasteiger charge is 2.40. The number of hydrogen-bond acceptors (Lipinski definition) is 8. The zero-order valence-corrected chi connectivity index (χ0v) is 18.5. The number of nitrogens with zero attached hydrogens (tertiary/aromatic N) is 4. The monoisotopic (exact) mass is 489 g/mol. The zero-order valence-electron chi connectivity index (χ0n) is 18.5. The molecule has 2 N–H and O–H groups in total. The Labute approximate surface area is 203 Å². The van der Waals surface area contributed by atoms with Crippen LogP contribution in [0.3, 0.4) is 0 Å². The van der Waals surface area contributed by atoms with Gasteiger partial charge in [-0.15, -0.1) is 0 Å². The number of benzene rings is 2. The molecule has 1 aliphatic heterocycles. The lowest BCUT2D eigenvalue weighted by molar-refractivity contribution is -0.375. The third-order valence-electron chi connectivity index (χ3n) is 5.09. The van der Waals surface area contributed by atoms with E-state index in [1.54, 1.807) is 36.4 Å². The summed E-state index contributed by atoms with van der Waals surface area (Å²) in [5.41, 5.74) is 2.77. The summed E-state index contributed by atoms with van der Waals surface area (Å²) in [6.45, 7) is 0. The van der Waals surface area contributed by atoms with E-state index in [0.717, 1.165) is 6.07 Å². The first-order valence-electron chi connectivity index (χ1n) is 10.6. The molecule has 1 aliphatic carbocycles. The molecule has 1 heterocycles. The van der Waals surface area contributed by atoms with E-state index in [1.807, 2.05) is 0 Å². The van der Waals surface area contributed by atoms with Crippen molar-refractivity contribution in [2.24, 2.45) is 10.2 Å². The van der Waals surface area contributed by atoms with Gasteiger partial charge in [0.1, 0.15) is 17.9 Å². The van der Waals surface area contributed by atoms with E-state index in [9.17, 15) is 29.2 Å². The number of amides is 3. The fourth-order valence-corrected chi connectivity index (χ4v) is 3.40. The summed E-state index contributed by atoms with van der Waals surface area (Å²) in [4.78, 5) is 37.6. The number of imide groups is 1. The Morgan fingerprint density at radius 3 is 2.47 bits per heavy atom. The summed E-state index contributed by atoms with van der Waals surface area (Å²) >= 11 is 0. The SMILES string of the molecule is O=C(CC(=O)N1N=C(c2ccccc2)C(NN=C2C=CC=CC2=[N+]([O-])[O-])C1=O)Nc1ccccc1F. The van der Waals surface area contributed by atoms with Crippen LogP contribution in [0.4, 0.5) is 10.1 Å². The van der Waals surface area contributed by atoms with Crippen LogP contribution in [0.1, 0.15) is 12.0 Å². The van der Waals surface area contributed by atoms with Gasteiger partial charge in [-0.05, 0) is 18.2 Å². The third-order valence-corrected chi connectivity index (χ3v) is 5.09. The van der Waals surface area contributed by atoms with Gasteiger partial charge < -0.3 is 15.7 Å². The minimum Gasteiger partial charge on any atom is -0.612 e. The summed E-state index contributed by atoms with van der Waals surface area (Å²) in [6, 6.07) is 12.6. The predicted molar refractivity (Wildman–Crippen MR) is 129 cm³/mol. The Morgan fingerprint density at radius 2 is 1.75 bits per heavy atom. The molecule has 36 heavy (non-hydrogen) atoms. The number of halogens is 1. The topological polar surface area (TPSA) is 152 Å². The molecule has 0 bridgehead atoms. The molecule has 3 amide bonds. The molecule has 0 radical (unpaired) electrons. The van der Waals surface area contributed by atoms with Gasteiger partial charge in [-0.25, -0.2) is 4.39 Å². The number of allylic oxidation sites excluding steroid dienone is 4. The van der Waals surface area contributed by atoms with Gasteiger partial charge in [0.25, 0.3) is 11.8 Å². The highest BCUT2D eigenvalue weighted by atomic mass is 19.1. The second-order valence-electron chi connectivity index (χ2n) is 7.52. The number of nitrogens with one attached hydrogen (secondary N) is 2. The molecule has 1 atom stereocenters. The summed E-state index contributed by atoms with van der Waals surface area (Å²) in [6.07, 6.45) is 4.88. The van der Waals surface area contributed by atoms with E-state index in [2.05, 4.69) is 20.9 Å². The maximum absolute atomic E-state index is 13.8. The van der Waals surface area contributed by atoms with Crippen LogP contribution >= 0.6 is 0 Å². The Bertz CT molecular complexity index is 1360. The van der Waals surface area contributed by atoms with E-state index >= 15 is 0 Å². The largest absolute Gasteiger partial charge is 0.612 e. The molecular formula is C24H18FN6O5-. The Kier molecular flexibility index (Phi) is 6.95. The fraction of sp³-hybridized carbons (Fsp3) is 0.0833. The van der Waals surface area contributed by atoms with Gasteiger partial charge in [0.05, 0.1) is 5.69 Å². The first-order chi connectivity index (χ1) is 17.3. The Hall–Kier alpha value is -5.13.